The molecule has 0 unspecified atom stereocenters. The van der Waals surface area contributed by atoms with E-state index in [1.54, 1.807) is 36.4 Å². The first kappa shape index (κ1) is 53.0. The van der Waals surface area contributed by atoms with Gasteiger partial charge in [0.25, 0.3) is 0 Å². The van der Waals surface area contributed by atoms with Crippen LogP contribution in [0.2, 0.25) is 0 Å². The number of esters is 6. The number of anilines is 2. The van der Waals surface area contributed by atoms with E-state index < -0.39 is 92.4 Å². The van der Waals surface area contributed by atoms with Crippen LogP contribution in [0.4, 0.5) is 11.4 Å². The summed E-state index contributed by atoms with van der Waals surface area (Å²) >= 11 is 0. The minimum absolute atomic E-state index is 0.00119. The second-order valence-electron chi connectivity index (χ2n) is 22.6. The summed E-state index contributed by atoms with van der Waals surface area (Å²) in [6.45, 7) is 4.89. The predicted molar refractivity (Wildman–Crippen MR) is 285 cm³/mol. The van der Waals surface area contributed by atoms with Gasteiger partial charge < -0.3 is 58.7 Å². The van der Waals surface area contributed by atoms with E-state index in [1.165, 1.54) is 100 Å². The fourth-order valence-electron chi connectivity index (χ4n) is 14.5. The average molecular weight is 1140 g/mol. The molecule has 6 aromatic carbocycles. The molecule has 0 atom stereocenters. The fraction of sp³-hybridized carbons (Fsp3) is 0.258. The van der Waals surface area contributed by atoms with Crippen LogP contribution in [0.1, 0.15) is 120 Å². The van der Waals surface area contributed by atoms with Crippen LogP contribution in [0, 0.1) is 21.7 Å². The first-order valence-corrected chi connectivity index (χ1v) is 26.4. The molecule has 14 rings (SSSR count). The van der Waals surface area contributed by atoms with Gasteiger partial charge in [0.15, 0.2) is 11.2 Å². The Morgan fingerprint density at radius 1 is 0.393 bits per heavy atom. The van der Waals surface area contributed by atoms with E-state index in [-0.39, 0.29) is 107 Å². The molecule has 0 saturated heterocycles. The first-order valence-electron chi connectivity index (χ1n) is 26.4. The zero-order valence-corrected chi connectivity index (χ0v) is 44.9. The minimum atomic E-state index is -1.87. The molecule has 84 heavy (non-hydrogen) atoms. The number of nitrogens with one attached hydrogen (secondary N) is 2. The first-order chi connectivity index (χ1) is 39.9. The highest BCUT2D eigenvalue weighted by Crippen LogP contribution is 2.74. The summed E-state index contributed by atoms with van der Waals surface area (Å²) in [6.07, 6.45) is -1.89. The van der Waals surface area contributed by atoms with Crippen molar-refractivity contribution in [1.29, 1.82) is 0 Å². The van der Waals surface area contributed by atoms with E-state index in [1.807, 2.05) is 0 Å². The van der Waals surface area contributed by atoms with Crippen LogP contribution < -0.4 is 39.1 Å². The molecule has 6 aromatic rings. The van der Waals surface area contributed by atoms with E-state index in [4.69, 9.17) is 37.9 Å². The third kappa shape index (κ3) is 7.83. The number of carbonyl (C=O) groups excluding carboxylic acids is 8. The predicted octanol–water partition coefficient (Wildman–Crippen LogP) is 8.60. The molecule has 4 aliphatic carbocycles. The lowest BCUT2D eigenvalue weighted by Crippen LogP contribution is -2.69. The highest BCUT2D eigenvalue weighted by atomic mass is 16.6. The molecular weight excluding hydrogens is 1090 g/mol. The molecule has 0 aromatic heterocycles. The van der Waals surface area contributed by atoms with Crippen LogP contribution in [0.15, 0.2) is 109 Å². The Morgan fingerprint density at radius 2 is 0.667 bits per heavy atom. The second kappa shape index (κ2) is 18.1. The molecule has 4 N–H and O–H groups in total. The van der Waals surface area contributed by atoms with Crippen molar-refractivity contribution in [3.8, 4) is 46.0 Å². The van der Waals surface area contributed by atoms with Crippen molar-refractivity contribution in [2.75, 3.05) is 10.6 Å². The lowest BCUT2D eigenvalue weighted by atomic mass is 9.35. The fourth-order valence-corrected chi connectivity index (χ4v) is 14.5. The van der Waals surface area contributed by atoms with Crippen molar-refractivity contribution >= 4 is 70.9 Å². The lowest BCUT2D eigenvalue weighted by molar-refractivity contribution is -0.217. The molecule has 2 amide bonds. The SMILES string of the molecule is CC(=O)Oc1ccc2c(c1)Oc1cc(OC(C)=O)ccc1C21OC(=O)c2cc(NC(=O)C34CC5(C(=O)O)CC(C(=O)O)(C3)CC(C(=O)Nc3ccc6c(c3)C(=O)OC63c6ccc(OC(C)=O)cc6Oc6cc(OC(C)=O)ccc63)(C5)C4)ccc21. The number of ether oxygens (including phenoxy) is 8. The molecule has 2 spiro atoms. The van der Waals surface area contributed by atoms with Gasteiger partial charge in [-0.25, -0.2) is 9.59 Å². The van der Waals surface area contributed by atoms with E-state index in [2.05, 4.69) is 10.6 Å². The number of fused-ring (bicyclic) bond motifs is 12. The second-order valence-corrected chi connectivity index (χ2v) is 22.6. The third-order valence-electron chi connectivity index (χ3n) is 17.0. The summed E-state index contributed by atoms with van der Waals surface area (Å²) in [5, 5.41) is 27.9. The summed E-state index contributed by atoms with van der Waals surface area (Å²) in [7, 11) is 0. The zero-order valence-electron chi connectivity index (χ0n) is 44.9. The van der Waals surface area contributed by atoms with Crippen LogP contribution >= 0.6 is 0 Å². The highest BCUT2D eigenvalue weighted by Gasteiger charge is 2.76. The molecule has 0 radical (unpaired) electrons. The maximum Gasteiger partial charge on any atom is 0.340 e. The van der Waals surface area contributed by atoms with Gasteiger partial charge in [-0.1, -0.05) is 12.1 Å². The normalized spacial score (nSPS) is 23.0. The molecule has 4 fully saturated rings. The number of carboxylic acid groups (broad SMARTS) is 2. The standard InChI is InChI=1S/C62H46N2O20/c1-29(65)77-35-7-13-43-47(19-35)81-48-20-36(78-30(2)66)8-14-44(48)61(43)41-11-5-33(17-39(41)51(69)83-61)63-53(71)57-23-58(26-59(24-57,55(73)74)28-60(25-57,27-58)56(75)76)54(72)64-34-6-12-42-40(18-34)52(70)84-62(42)45-15-9-37(79-31(3)67)21-49(45)82-50-22-38(80-32(4)68)10-16-46(50)62/h5-22H,23-28H2,1-4H3,(H,63,71)(H,64,72)(H,73,74)(H,75,76). The van der Waals surface area contributed by atoms with Crippen molar-refractivity contribution in [1.82, 2.24) is 0 Å². The molecular formula is C62H46N2O20. The quantitative estimate of drug-likeness (QED) is 0.0737. The Bertz CT molecular complexity index is 3700. The van der Waals surface area contributed by atoms with E-state index in [0.717, 1.165) is 0 Å². The summed E-state index contributed by atoms with van der Waals surface area (Å²) in [5.74, 6) is -7.40. The Morgan fingerprint density at radius 3 is 0.952 bits per heavy atom. The summed E-state index contributed by atoms with van der Waals surface area (Å²) < 4.78 is 46.5. The Balaban J connectivity index is 0.837. The molecule has 22 nitrogen and oxygen atoms in total. The average Bonchev–Trinajstić information content (AvgIpc) is 1.94. The molecule has 424 valence electrons. The van der Waals surface area contributed by atoms with Gasteiger partial charge >= 0.3 is 47.8 Å². The van der Waals surface area contributed by atoms with Crippen molar-refractivity contribution in [2.24, 2.45) is 21.7 Å². The van der Waals surface area contributed by atoms with Crippen LogP contribution in [0.5, 0.6) is 46.0 Å². The van der Waals surface area contributed by atoms with Crippen LogP contribution in [-0.2, 0) is 59.0 Å². The van der Waals surface area contributed by atoms with Crippen molar-refractivity contribution < 1.29 is 96.1 Å². The van der Waals surface area contributed by atoms with Gasteiger partial charge in [-0.2, -0.15) is 0 Å². The Labute approximate surface area is 474 Å². The van der Waals surface area contributed by atoms with E-state index >= 15 is 9.59 Å². The monoisotopic (exact) mass is 1140 g/mol. The number of carboxylic acids is 2. The molecule has 22 heteroatoms. The number of rotatable bonds is 10. The highest BCUT2D eigenvalue weighted by molar-refractivity contribution is 6.05. The molecule has 4 aliphatic heterocycles. The molecule has 4 saturated carbocycles. The number of aliphatic carboxylic acids is 2. The number of hydrogen-bond donors (Lipinski definition) is 4. The van der Waals surface area contributed by atoms with Gasteiger partial charge in [0, 0.05) is 96.7 Å². The smallest absolute Gasteiger partial charge is 0.340 e. The van der Waals surface area contributed by atoms with Gasteiger partial charge in [0.1, 0.15) is 46.0 Å². The summed E-state index contributed by atoms with van der Waals surface area (Å²) in [5.41, 5.74) is -8.61. The van der Waals surface area contributed by atoms with Crippen molar-refractivity contribution in [3.63, 3.8) is 0 Å². The van der Waals surface area contributed by atoms with Crippen LogP contribution in [0.3, 0.4) is 0 Å². The van der Waals surface area contributed by atoms with Crippen molar-refractivity contribution in [3.05, 3.63) is 154 Å². The number of carbonyl (C=O) groups is 10. The minimum Gasteiger partial charge on any atom is -0.481 e. The largest absolute Gasteiger partial charge is 0.481 e. The number of amides is 2. The van der Waals surface area contributed by atoms with Gasteiger partial charge in [-0.3, -0.25) is 38.4 Å². The Hall–Kier alpha value is -10.4. The maximum atomic E-state index is 15.2. The van der Waals surface area contributed by atoms with Gasteiger partial charge in [0.05, 0.1) is 32.8 Å². The molecule has 8 aliphatic rings. The van der Waals surface area contributed by atoms with E-state index in [0.29, 0.717) is 33.4 Å². The molecule has 4 heterocycles. The van der Waals surface area contributed by atoms with Crippen LogP contribution in [-0.4, -0.2) is 69.8 Å². The van der Waals surface area contributed by atoms with Crippen molar-refractivity contribution in [2.45, 2.75) is 77.4 Å². The molecule has 4 bridgehead atoms. The number of hydrogen-bond acceptors (Lipinski definition) is 18. The topological polar surface area (TPSA) is 309 Å². The zero-order chi connectivity index (χ0) is 59.2. The lowest BCUT2D eigenvalue weighted by Gasteiger charge is -2.66. The third-order valence-corrected chi connectivity index (χ3v) is 17.0. The van der Waals surface area contributed by atoms with Gasteiger partial charge in [-0.15, -0.1) is 0 Å². The number of benzene rings is 6. The van der Waals surface area contributed by atoms with Gasteiger partial charge in [0.2, 0.25) is 11.8 Å². The maximum absolute atomic E-state index is 15.2. The Kier molecular flexibility index (Phi) is 11.4. The van der Waals surface area contributed by atoms with Gasteiger partial charge in [-0.05, 0) is 111 Å². The summed E-state index contributed by atoms with van der Waals surface area (Å²) in [6, 6.07) is 26.9. The van der Waals surface area contributed by atoms with E-state index in [9.17, 15) is 48.6 Å². The van der Waals surface area contributed by atoms with Crippen LogP contribution in [0.25, 0.3) is 0 Å². The summed E-state index contributed by atoms with van der Waals surface area (Å²) in [4.78, 5) is 134.